The van der Waals surface area contributed by atoms with E-state index in [-0.39, 0.29) is 5.91 Å². The van der Waals surface area contributed by atoms with Crippen molar-refractivity contribution in [2.75, 3.05) is 5.32 Å². The molecule has 6 heteroatoms. The van der Waals surface area contributed by atoms with Gasteiger partial charge in [-0.05, 0) is 44.2 Å². The Labute approximate surface area is 144 Å². The zero-order chi connectivity index (χ0) is 16.9. The highest BCUT2D eigenvalue weighted by Gasteiger charge is 2.09. The van der Waals surface area contributed by atoms with Gasteiger partial charge in [0.1, 0.15) is 18.1 Å². The van der Waals surface area contributed by atoms with E-state index in [1.807, 2.05) is 44.2 Å². The molecule has 0 unspecified atom stereocenters. The zero-order valence-corrected chi connectivity index (χ0v) is 14.3. The highest BCUT2D eigenvalue weighted by Crippen LogP contribution is 2.17. The summed E-state index contributed by atoms with van der Waals surface area (Å²) in [5.41, 5.74) is 4.14. The highest BCUT2D eigenvalue weighted by molar-refractivity contribution is 6.99. The fourth-order valence-corrected chi connectivity index (χ4v) is 2.65. The molecule has 24 heavy (non-hydrogen) atoms. The Hall–Kier alpha value is -2.73. The summed E-state index contributed by atoms with van der Waals surface area (Å²) < 4.78 is 14.0. The van der Waals surface area contributed by atoms with Crippen molar-refractivity contribution in [2.45, 2.75) is 20.5 Å². The number of benzene rings is 2. The van der Waals surface area contributed by atoms with Crippen LogP contribution < -0.4 is 10.1 Å². The number of carbonyl (C=O) groups is 1. The average molecular weight is 339 g/mol. The summed E-state index contributed by atoms with van der Waals surface area (Å²) >= 11 is 1.17. The van der Waals surface area contributed by atoms with Crippen LogP contribution in [0.3, 0.4) is 0 Å². The Bertz CT molecular complexity index is 843. The van der Waals surface area contributed by atoms with Gasteiger partial charge in [-0.3, -0.25) is 4.79 Å². The summed E-state index contributed by atoms with van der Waals surface area (Å²) in [6.07, 6.45) is 0. The summed E-state index contributed by atoms with van der Waals surface area (Å²) in [6, 6.07) is 14.8. The Morgan fingerprint density at radius 3 is 2.62 bits per heavy atom. The Balaban J connectivity index is 1.66. The van der Waals surface area contributed by atoms with Gasteiger partial charge in [0.15, 0.2) is 0 Å². The number of amides is 1. The molecule has 5 nitrogen and oxygen atoms in total. The summed E-state index contributed by atoms with van der Waals surface area (Å²) in [6.45, 7) is 4.24. The van der Waals surface area contributed by atoms with Gasteiger partial charge in [-0.25, -0.2) is 0 Å². The number of aromatic nitrogens is 2. The number of carbonyl (C=O) groups excluding carboxylic acids is 1. The molecule has 0 spiro atoms. The molecule has 0 bridgehead atoms. The van der Waals surface area contributed by atoms with E-state index in [0.29, 0.717) is 17.9 Å². The van der Waals surface area contributed by atoms with Crippen LogP contribution in [0.2, 0.25) is 0 Å². The predicted octanol–water partition coefficient (Wildman–Crippen LogP) is 3.99. The number of hydrogen-bond acceptors (Lipinski definition) is 5. The molecular formula is C18H17N3O2S. The van der Waals surface area contributed by atoms with Crippen LogP contribution in [0.4, 0.5) is 5.69 Å². The standard InChI is InChI=1S/C18H17N3O2S/c1-12-6-8-15(9-7-12)19-18(22)14-4-3-5-16(10-14)23-11-17-13(2)20-24-21-17/h3-10H,11H2,1-2H3,(H,19,22). The molecule has 0 saturated carbocycles. The van der Waals surface area contributed by atoms with Crippen molar-refractivity contribution >= 4 is 23.3 Å². The largest absolute Gasteiger partial charge is 0.487 e. The molecule has 1 amide bonds. The second-order valence-corrected chi connectivity index (χ2v) is 5.96. The lowest BCUT2D eigenvalue weighted by atomic mass is 10.2. The van der Waals surface area contributed by atoms with E-state index in [1.165, 1.54) is 11.7 Å². The summed E-state index contributed by atoms with van der Waals surface area (Å²) in [4.78, 5) is 12.4. The Morgan fingerprint density at radius 2 is 1.92 bits per heavy atom. The van der Waals surface area contributed by atoms with Crippen molar-refractivity contribution in [3.63, 3.8) is 0 Å². The van der Waals surface area contributed by atoms with Crippen molar-refractivity contribution in [1.82, 2.24) is 8.75 Å². The third kappa shape index (κ3) is 3.97. The number of hydrogen-bond donors (Lipinski definition) is 1. The number of nitrogens with one attached hydrogen (secondary N) is 1. The lowest BCUT2D eigenvalue weighted by Crippen LogP contribution is -2.12. The monoisotopic (exact) mass is 339 g/mol. The van der Waals surface area contributed by atoms with Crippen LogP contribution in [0.25, 0.3) is 0 Å². The summed E-state index contributed by atoms with van der Waals surface area (Å²) in [5, 5.41) is 2.88. The molecule has 122 valence electrons. The smallest absolute Gasteiger partial charge is 0.255 e. The second-order valence-electron chi connectivity index (χ2n) is 5.43. The topological polar surface area (TPSA) is 64.1 Å². The first-order valence-electron chi connectivity index (χ1n) is 7.51. The molecular weight excluding hydrogens is 322 g/mol. The second kappa shape index (κ2) is 7.23. The van der Waals surface area contributed by atoms with Crippen LogP contribution >= 0.6 is 11.7 Å². The zero-order valence-electron chi connectivity index (χ0n) is 13.4. The molecule has 2 aromatic carbocycles. The molecule has 0 aliphatic rings. The maximum Gasteiger partial charge on any atom is 0.255 e. The third-order valence-corrected chi connectivity index (χ3v) is 4.19. The van der Waals surface area contributed by atoms with Crippen LogP contribution in [-0.4, -0.2) is 14.7 Å². The molecule has 1 aromatic heterocycles. The average Bonchev–Trinajstić information content (AvgIpc) is 3.00. The summed E-state index contributed by atoms with van der Waals surface area (Å²) in [5.74, 6) is 0.453. The van der Waals surface area contributed by atoms with E-state index in [9.17, 15) is 4.79 Å². The van der Waals surface area contributed by atoms with Gasteiger partial charge < -0.3 is 10.1 Å². The summed E-state index contributed by atoms with van der Waals surface area (Å²) in [7, 11) is 0. The third-order valence-electron chi connectivity index (χ3n) is 3.53. The molecule has 0 aliphatic carbocycles. The SMILES string of the molecule is Cc1ccc(NC(=O)c2cccc(OCc3nsnc3C)c2)cc1. The number of ether oxygens (including phenoxy) is 1. The van der Waals surface area contributed by atoms with Gasteiger partial charge in [0.25, 0.3) is 5.91 Å². The number of aryl methyl sites for hydroxylation is 2. The van der Waals surface area contributed by atoms with E-state index in [1.54, 1.807) is 18.2 Å². The number of nitrogens with zero attached hydrogens (tertiary/aromatic N) is 2. The van der Waals surface area contributed by atoms with Crippen LogP contribution in [0.15, 0.2) is 48.5 Å². The number of anilines is 1. The van der Waals surface area contributed by atoms with Gasteiger partial charge in [-0.2, -0.15) is 8.75 Å². The van der Waals surface area contributed by atoms with Gasteiger partial charge in [-0.1, -0.05) is 23.8 Å². The molecule has 0 radical (unpaired) electrons. The molecule has 0 fully saturated rings. The Morgan fingerprint density at radius 1 is 1.12 bits per heavy atom. The highest BCUT2D eigenvalue weighted by atomic mass is 32.1. The van der Waals surface area contributed by atoms with E-state index in [2.05, 4.69) is 14.1 Å². The van der Waals surface area contributed by atoms with Crippen molar-refractivity contribution in [2.24, 2.45) is 0 Å². The molecule has 0 saturated heterocycles. The van der Waals surface area contributed by atoms with Gasteiger partial charge in [-0.15, -0.1) is 0 Å². The van der Waals surface area contributed by atoms with Crippen molar-refractivity contribution < 1.29 is 9.53 Å². The van der Waals surface area contributed by atoms with Crippen LogP contribution in [0.1, 0.15) is 27.3 Å². The van der Waals surface area contributed by atoms with E-state index in [0.717, 1.165) is 22.6 Å². The van der Waals surface area contributed by atoms with E-state index in [4.69, 9.17) is 4.74 Å². The van der Waals surface area contributed by atoms with Crippen LogP contribution in [0.5, 0.6) is 5.75 Å². The first-order chi connectivity index (χ1) is 11.6. The maximum atomic E-state index is 12.4. The van der Waals surface area contributed by atoms with Crippen LogP contribution in [0, 0.1) is 13.8 Å². The Kier molecular flexibility index (Phi) is 4.86. The fraction of sp³-hybridized carbons (Fsp3) is 0.167. The molecule has 3 rings (SSSR count). The first-order valence-corrected chi connectivity index (χ1v) is 8.24. The lowest BCUT2D eigenvalue weighted by molar-refractivity contribution is 0.102. The van der Waals surface area contributed by atoms with Crippen molar-refractivity contribution in [3.8, 4) is 5.75 Å². The molecule has 1 heterocycles. The van der Waals surface area contributed by atoms with Crippen LogP contribution in [-0.2, 0) is 6.61 Å². The molecule has 0 aliphatic heterocycles. The fourth-order valence-electron chi connectivity index (χ4n) is 2.10. The van der Waals surface area contributed by atoms with Gasteiger partial charge in [0.05, 0.1) is 17.4 Å². The molecule has 1 N–H and O–H groups in total. The minimum absolute atomic E-state index is 0.171. The van der Waals surface area contributed by atoms with E-state index < -0.39 is 0 Å². The maximum absolute atomic E-state index is 12.4. The van der Waals surface area contributed by atoms with Gasteiger partial charge in [0.2, 0.25) is 0 Å². The van der Waals surface area contributed by atoms with Crippen molar-refractivity contribution in [3.05, 3.63) is 71.0 Å². The molecule has 0 atom stereocenters. The normalized spacial score (nSPS) is 10.4. The van der Waals surface area contributed by atoms with E-state index >= 15 is 0 Å². The van der Waals surface area contributed by atoms with Gasteiger partial charge in [0, 0.05) is 11.3 Å². The number of rotatable bonds is 5. The minimum atomic E-state index is -0.171. The molecule has 3 aromatic rings. The lowest BCUT2D eigenvalue weighted by Gasteiger charge is -2.08. The minimum Gasteiger partial charge on any atom is -0.487 e. The van der Waals surface area contributed by atoms with Crippen molar-refractivity contribution in [1.29, 1.82) is 0 Å². The quantitative estimate of drug-likeness (QED) is 0.763. The van der Waals surface area contributed by atoms with Gasteiger partial charge >= 0.3 is 0 Å². The predicted molar refractivity (Wildman–Crippen MR) is 94.6 cm³/mol. The first kappa shape index (κ1) is 16.1.